The molecule has 8 nitrogen and oxygen atoms in total. The van der Waals surface area contributed by atoms with Crippen LogP contribution in [0, 0.1) is 0 Å². The highest BCUT2D eigenvalue weighted by Crippen LogP contribution is 2.04. The average molecular weight is 328 g/mol. The third kappa shape index (κ3) is 9.50. The van der Waals surface area contributed by atoms with E-state index in [-0.39, 0.29) is 0 Å². The van der Waals surface area contributed by atoms with Crippen LogP contribution in [0.3, 0.4) is 0 Å². The predicted octanol–water partition coefficient (Wildman–Crippen LogP) is -2.22. The van der Waals surface area contributed by atoms with Gasteiger partial charge in [-0.1, -0.05) is 0 Å². The van der Waals surface area contributed by atoms with Crippen LogP contribution < -0.4 is 0 Å². The van der Waals surface area contributed by atoms with Crippen molar-refractivity contribution in [1.82, 2.24) is 0 Å². The van der Waals surface area contributed by atoms with Crippen molar-refractivity contribution in [3.05, 3.63) is 0 Å². The molecule has 0 saturated carbocycles. The second-order valence-electron chi connectivity index (χ2n) is 3.69. The molecule has 0 amide bonds. The Kier molecular flexibility index (Phi) is 4.76. The van der Waals surface area contributed by atoms with Gasteiger partial charge in [0.15, 0.2) is 54.6 Å². The van der Waals surface area contributed by atoms with Gasteiger partial charge in [0, 0.05) is 12.5 Å². The average Bonchev–Trinajstić information content (AvgIpc) is 1.65. The minimum Gasteiger partial charge on any atom is -0.228 e. The van der Waals surface area contributed by atoms with Crippen molar-refractivity contribution >= 4 is 39.3 Å². The standard InChI is InChI=1S/C5H12O8S4/c1-14(6,7)3-16(10,11)5-17(12,13)4-15(2,8)9/h3-5H2,1-2H3. The molecule has 0 bridgehead atoms. The molecule has 0 spiro atoms. The molecule has 0 aromatic rings. The van der Waals surface area contributed by atoms with E-state index in [4.69, 9.17) is 0 Å². The van der Waals surface area contributed by atoms with Gasteiger partial charge in [-0.2, -0.15) is 0 Å². The number of sulfone groups is 4. The maximum absolute atomic E-state index is 11.2. The van der Waals surface area contributed by atoms with Crippen LogP contribution in [-0.4, -0.2) is 61.4 Å². The molecule has 0 aromatic carbocycles. The van der Waals surface area contributed by atoms with E-state index in [1.54, 1.807) is 0 Å². The fraction of sp³-hybridized carbons (Fsp3) is 1.00. The van der Waals surface area contributed by atoms with Crippen molar-refractivity contribution in [1.29, 1.82) is 0 Å². The summed E-state index contributed by atoms with van der Waals surface area (Å²) >= 11 is 0. The Morgan fingerprint density at radius 2 is 0.765 bits per heavy atom. The Morgan fingerprint density at radius 1 is 0.529 bits per heavy atom. The van der Waals surface area contributed by atoms with E-state index in [2.05, 4.69) is 0 Å². The zero-order valence-electron chi connectivity index (χ0n) is 9.02. The SMILES string of the molecule is CS(=O)(=O)CS(=O)(=O)CS(=O)(=O)CS(C)(=O)=O. The zero-order chi connectivity index (χ0) is 14.1. The van der Waals surface area contributed by atoms with E-state index in [9.17, 15) is 33.7 Å². The van der Waals surface area contributed by atoms with Gasteiger partial charge >= 0.3 is 0 Å². The molecule has 0 atom stereocenters. The molecular formula is C5H12O8S4. The van der Waals surface area contributed by atoms with Crippen LogP contribution >= 0.6 is 0 Å². The molecule has 0 heterocycles. The third-order valence-electron chi connectivity index (χ3n) is 1.15. The van der Waals surface area contributed by atoms with Crippen LogP contribution in [-0.2, 0) is 39.3 Å². The molecule has 0 aliphatic rings. The third-order valence-corrected chi connectivity index (χ3v) is 10.3. The maximum Gasteiger partial charge on any atom is 0.178 e. The molecule has 0 aromatic heterocycles. The van der Waals surface area contributed by atoms with E-state index < -0.39 is 54.6 Å². The molecule has 17 heavy (non-hydrogen) atoms. The lowest BCUT2D eigenvalue weighted by atomic mass is 11.8. The lowest BCUT2D eigenvalue weighted by Crippen LogP contribution is -2.27. The fourth-order valence-corrected chi connectivity index (χ4v) is 10.2. The summed E-state index contributed by atoms with van der Waals surface area (Å²) in [4.78, 5) is 0. The van der Waals surface area contributed by atoms with Crippen molar-refractivity contribution in [2.45, 2.75) is 0 Å². The summed E-state index contributed by atoms with van der Waals surface area (Å²) in [6.07, 6.45) is 1.27. The number of rotatable bonds is 6. The van der Waals surface area contributed by atoms with E-state index in [0.29, 0.717) is 12.5 Å². The number of hydrogen-bond donors (Lipinski definition) is 0. The lowest BCUT2D eigenvalue weighted by molar-refractivity contribution is 0.588. The first kappa shape index (κ1) is 16.8. The predicted molar refractivity (Wildman–Crippen MR) is 62.1 cm³/mol. The van der Waals surface area contributed by atoms with Gasteiger partial charge in [-0.15, -0.1) is 0 Å². The first-order valence-corrected chi connectivity index (χ1v) is 11.6. The summed E-state index contributed by atoms with van der Waals surface area (Å²) in [5.41, 5.74) is 0. The van der Waals surface area contributed by atoms with E-state index in [1.807, 2.05) is 0 Å². The molecule has 0 rings (SSSR count). The molecule has 0 fully saturated rings. The fourth-order valence-electron chi connectivity index (χ4n) is 0.994. The Morgan fingerprint density at radius 3 is 0.941 bits per heavy atom. The highest BCUT2D eigenvalue weighted by atomic mass is 32.3. The summed E-state index contributed by atoms with van der Waals surface area (Å²) in [5.74, 6) is 0. The Hall–Kier alpha value is -0.200. The van der Waals surface area contributed by atoms with E-state index in [1.165, 1.54) is 0 Å². The van der Waals surface area contributed by atoms with Gasteiger partial charge in [0.2, 0.25) is 0 Å². The first-order valence-electron chi connectivity index (χ1n) is 3.88. The second-order valence-corrected chi connectivity index (χ2v) is 13.2. The second kappa shape index (κ2) is 4.82. The van der Waals surface area contributed by atoms with E-state index >= 15 is 0 Å². The van der Waals surface area contributed by atoms with Crippen molar-refractivity contribution in [3.63, 3.8) is 0 Å². The molecule has 0 N–H and O–H groups in total. The largest absolute Gasteiger partial charge is 0.228 e. The van der Waals surface area contributed by atoms with Gasteiger partial charge in [0.1, 0.15) is 0 Å². The Balaban J connectivity index is 5.11. The van der Waals surface area contributed by atoms with Crippen molar-refractivity contribution < 1.29 is 33.7 Å². The summed E-state index contributed by atoms with van der Waals surface area (Å²) in [5, 5.41) is -4.16. The normalized spacial score (nSPS) is 14.7. The smallest absolute Gasteiger partial charge is 0.178 e. The minimum atomic E-state index is -4.41. The monoisotopic (exact) mass is 328 g/mol. The molecule has 0 saturated heterocycles. The molecular weight excluding hydrogens is 316 g/mol. The molecule has 0 unspecified atom stereocenters. The van der Waals surface area contributed by atoms with Crippen LogP contribution in [0.2, 0.25) is 0 Å². The van der Waals surface area contributed by atoms with Gasteiger partial charge in [-0.05, 0) is 0 Å². The highest BCUT2D eigenvalue weighted by molar-refractivity contribution is 8.17. The van der Waals surface area contributed by atoms with Gasteiger partial charge in [-0.3, -0.25) is 0 Å². The zero-order valence-corrected chi connectivity index (χ0v) is 12.3. The van der Waals surface area contributed by atoms with Crippen LogP contribution in [0.15, 0.2) is 0 Å². The van der Waals surface area contributed by atoms with Gasteiger partial charge in [0.05, 0.1) is 0 Å². The Bertz CT molecular complexity index is 613. The quantitative estimate of drug-likeness (QED) is 0.534. The van der Waals surface area contributed by atoms with Crippen LogP contribution in [0.25, 0.3) is 0 Å². The summed E-state index contributed by atoms with van der Waals surface area (Å²) in [7, 11) is -16.6. The van der Waals surface area contributed by atoms with E-state index in [0.717, 1.165) is 0 Å². The van der Waals surface area contributed by atoms with Crippen molar-refractivity contribution in [2.75, 3.05) is 27.8 Å². The van der Waals surface area contributed by atoms with Crippen molar-refractivity contribution in [2.24, 2.45) is 0 Å². The van der Waals surface area contributed by atoms with Crippen molar-refractivity contribution in [3.8, 4) is 0 Å². The maximum atomic E-state index is 11.2. The molecule has 12 heteroatoms. The summed E-state index contributed by atoms with van der Waals surface area (Å²) in [6, 6.07) is 0. The summed E-state index contributed by atoms with van der Waals surface area (Å²) in [6.45, 7) is 0. The lowest BCUT2D eigenvalue weighted by Gasteiger charge is -2.04. The van der Waals surface area contributed by atoms with Crippen LogP contribution in [0.4, 0.5) is 0 Å². The van der Waals surface area contributed by atoms with Crippen LogP contribution in [0.1, 0.15) is 0 Å². The van der Waals surface area contributed by atoms with Gasteiger partial charge < -0.3 is 0 Å². The summed E-state index contributed by atoms with van der Waals surface area (Å²) < 4.78 is 87.7. The van der Waals surface area contributed by atoms with Crippen LogP contribution in [0.5, 0.6) is 0 Å². The first-order chi connectivity index (χ1) is 7.12. The molecule has 0 aliphatic heterocycles. The highest BCUT2D eigenvalue weighted by Gasteiger charge is 2.28. The van der Waals surface area contributed by atoms with Gasteiger partial charge in [-0.25, -0.2) is 33.7 Å². The Labute approximate surface area is 101 Å². The number of hydrogen-bond acceptors (Lipinski definition) is 8. The minimum absolute atomic E-state index is 0.633. The molecule has 0 radical (unpaired) electrons. The molecule has 104 valence electrons. The van der Waals surface area contributed by atoms with Gasteiger partial charge in [0.25, 0.3) is 0 Å². The molecule has 0 aliphatic carbocycles. The topological polar surface area (TPSA) is 137 Å².